The van der Waals surface area contributed by atoms with E-state index in [0.29, 0.717) is 11.3 Å². The van der Waals surface area contributed by atoms with Crippen LogP contribution >= 0.6 is 11.3 Å². The number of thiophene rings is 1. The molecular weight excluding hydrogens is 340 g/mol. The molecule has 0 saturated heterocycles. The first kappa shape index (κ1) is 18.7. The predicted octanol–water partition coefficient (Wildman–Crippen LogP) is 2.07. The van der Waals surface area contributed by atoms with Crippen molar-refractivity contribution in [2.75, 3.05) is 0 Å². The maximum atomic E-state index is 12.5. The average Bonchev–Trinajstić information content (AvgIpc) is 3.08. The lowest BCUT2D eigenvalue weighted by Gasteiger charge is -2.20. The average molecular weight is 360 g/mol. The van der Waals surface area contributed by atoms with Crippen LogP contribution < -0.4 is 10.6 Å². The van der Waals surface area contributed by atoms with Crippen molar-refractivity contribution in [1.29, 1.82) is 0 Å². The van der Waals surface area contributed by atoms with E-state index in [1.807, 2.05) is 30.3 Å². The van der Waals surface area contributed by atoms with E-state index in [9.17, 15) is 14.4 Å². The van der Waals surface area contributed by atoms with E-state index in [1.54, 1.807) is 24.4 Å². The smallest absolute Gasteiger partial charge is 0.305 e. The summed E-state index contributed by atoms with van der Waals surface area (Å²) in [5.41, 5.74) is 0.903. The molecule has 2 unspecified atom stereocenters. The van der Waals surface area contributed by atoms with Crippen LogP contribution in [-0.2, 0) is 16.0 Å². The monoisotopic (exact) mass is 360 g/mol. The van der Waals surface area contributed by atoms with Gasteiger partial charge in [0.25, 0.3) is 5.91 Å². The number of carboxylic acids is 1. The van der Waals surface area contributed by atoms with Crippen molar-refractivity contribution in [2.24, 2.45) is 0 Å². The SMILES string of the molecule is CC(CC(=O)O)NC(=O)C(Cc1ccccc1)NC(=O)c1cccs1. The molecular formula is C18H20N2O4S. The van der Waals surface area contributed by atoms with Gasteiger partial charge in [-0.05, 0) is 23.9 Å². The molecule has 2 rings (SSSR count). The highest BCUT2D eigenvalue weighted by atomic mass is 32.1. The summed E-state index contributed by atoms with van der Waals surface area (Å²) in [5.74, 6) is -1.71. The van der Waals surface area contributed by atoms with Crippen molar-refractivity contribution >= 4 is 29.1 Å². The molecule has 0 fully saturated rings. The fourth-order valence-corrected chi connectivity index (χ4v) is 2.98. The summed E-state index contributed by atoms with van der Waals surface area (Å²) in [4.78, 5) is 36.1. The molecule has 0 saturated carbocycles. The number of hydrogen-bond acceptors (Lipinski definition) is 4. The Balaban J connectivity index is 2.09. The molecule has 0 aliphatic carbocycles. The fourth-order valence-electron chi connectivity index (χ4n) is 2.35. The van der Waals surface area contributed by atoms with Gasteiger partial charge >= 0.3 is 5.97 Å². The van der Waals surface area contributed by atoms with Gasteiger partial charge < -0.3 is 15.7 Å². The van der Waals surface area contributed by atoms with Crippen molar-refractivity contribution in [3.63, 3.8) is 0 Å². The third-order valence-corrected chi connectivity index (χ3v) is 4.39. The van der Waals surface area contributed by atoms with E-state index < -0.39 is 24.0 Å². The number of amides is 2. The maximum Gasteiger partial charge on any atom is 0.305 e. The topological polar surface area (TPSA) is 95.5 Å². The number of aliphatic carboxylic acids is 1. The molecule has 0 aliphatic rings. The molecule has 25 heavy (non-hydrogen) atoms. The summed E-state index contributed by atoms with van der Waals surface area (Å²) in [6, 6.07) is 11.5. The van der Waals surface area contributed by atoms with E-state index in [2.05, 4.69) is 10.6 Å². The number of carbonyl (C=O) groups excluding carboxylic acids is 2. The Morgan fingerprint density at radius 3 is 2.40 bits per heavy atom. The third kappa shape index (κ3) is 6.04. The Kier molecular flexibility index (Phi) is 6.71. The zero-order valence-corrected chi connectivity index (χ0v) is 14.6. The number of carboxylic acid groups (broad SMARTS) is 1. The van der Waals surface area contributed by atoms with Crippen molar-refractivity contribution in [3.05, 3.63) is 58.3 Å². The first-order chi connectivity index (χ1) is 12.0. The molecule has 0 spiro atoms. The highest BCUT2D eigenvalue weighted by molar-refractivity contribution is 7.12. The number of carbonyl (C=O) groups is 3. The maximum absolute atomic E-state index is 12.5. The Morgan fingerprint density at radius 2 is 1.80 bits per heavy atom. The Bertz CT molecular complexity index is 716. The van der Waals surface area contributed by atoms with Crippen molar-refractivity contribution < 1.29 is 19.5 Å². The molecule has 3 N–H and O–H groups in total. The van der Waals surface area contributed by atoms with Crippen LogP contribution in [0.1, 0.15) is 28.6 Å². The minimum atomic E-state index is -0.991. The summed E-state index contributed by atoms with van der Waals surface area (Å²) in [6.07, 6.45) is 0.145. The number of nitrogens with one attached hydrogen (secondary N) is 2. The predicted molar refractivity (Wildman–Crippen MR) is 95.6 cm³/mol. The molecule has 2 amide bonds. The van der Waals surface area contributed by atoms with Crippen LogP contribution in [0, 0.1) is 0 Å². The second-order valence-corrected chi connectivity index (χ2v) is 6.65. The molecule has 1 heterocycles. The second-order valence-electron chi connectivity index (χ2n) is 5.70. The van der Waals surface area contributed by atoms with E-state index in [-0.39, 0.29) is 12.3 Å². The molecule has 1 aromatic heterocycles. The molecule has 0 bridgehead atoms. The van der Waals surface area contributed by atoms with Crippen LogP contribution in [0.5, 0.6) is 0 Å². The standard InChI is InChI=1S/C18H20N2O4S/c1-12(10-16(21)22)19-17(23)14(11-13-6-3-2-4-7-13)20-18(24)15-8-5-9-25-15/h2-9,12,14H,10-11H2,1H3,(H,19,23)(H,20,24)(H,21,22). The Morgan fingerprint density at radius 1 is 1.08 bits per heavy atom. The van der Waals surface area contributed by atoms with Gasteiger partial charge in [0, 0.05) is 12.5 Å². The lowest BCUT2D eigenvalue weighted by atomic mass is 10.0. The number of hydrogen-bond donors (Lipinski definition) is 3. The fraction of sp³-hybridized carbons (Fsp3) is 0.278. The van der Waals surface area contributed by atoms with Crippen LogP contribution in [0.25, 0.3) is 0 Å². The van der Waals surface area contributed by atoms with Gasteiger partial charge in [-0.2, -0.15) is 0 Å². The molecule has 0 aliphatic heterocycles. The summed E-state index contributed by atoms with van der Waals surface area (Å²) in [7, 11) is 0. The first-order valence-electron chi connectivity index (χ1n) is 7.86. The van der Waals surface area contributed by atoms with Gasteiger partial charge in [-0.15, -0.1) is 11.3 Å². The van der Waals surface area contributed by atoms with E-state index >= 15 is 0 Å². The highest BCUT2D eigenvalue weighted by Crippen LogP contribution is 2.10. The van der Waals surface area contributed by atoms with Crippen molar-refractivity contribution in [3.8, 4) is 0 Å². The zero-order valence-electron chi connectivity index (χ0n) is 13.8. The van der Waals surface area contributed by atoms with Gasteiger partial charge in [0.15, 0.2) is 0 Å². The van der Waals surface area contributed by atoms with Crippen molar-refractivity contribution in [2.45, 2.75) is 31.8 Å². The van der Waals surface area contributed by atoms with Gasteiger partial charge in [0.2, 0.25) is 5.91 Å². The van der Waals surface area contributed by atoms with Crippen LogP contribution in [0.3, 0.4) is 0 Å². The second kappa shape index (κ2) is 8.98. The quantitative estimate of drug-likeness (QED) is 0.671. The summed E-state index contributed by atoms with van der Waals surface area (Å²) >= 11 is 1.29. The number of rotatable bonds is 8. The van der Waals surface area contributed by atoms with Gasteiger partial charge in [0.1, 0.15) is 6.04 Å². The van der Waals surface area contributed by atoms with E-state index in [0.717, 1.165) is 5.56 Å². The number of benzene rings is 1. The van der Waals surface area contributed by atoms with E-state index in [1.165, 1.54) is 11.3 Å². The largest absolute Gasteiger partial charge is 0.481 e. The van der Waals surface area contributed by atoms with Gasteiger partial charge in [-0.3, -0.25) is 14.4 Å². The van der Waals surface area contributed by atoms with Crippen LogP contribution in [-0.4, -0.2) is 35.0 Å². The molecule has 6 nitrogen and oxygen atoms in total. The Labute approximate surface area is 149 Å². The minimum absolute atomic E-state index is 0.178. The normalized spacial score (nSPS) is 12.8. The highest BCUT2D eigenvalue weighted by Gasteiger charge is 2.24. The van der Waals surface area contributed by atoms with Crippen LogP contribution in [0.4, 0.5) is 0 Å². The summed E-state index contributed by atoms with van der Waals surface area (Å²) < 4.78 is 0. The molecule has 2 atom stereocenters. The van der Waals surface area contributed by atoms with Crippen LogP contribution in [0.15, 0.2) is 47.8 Å². The third-order valence-electron chi connectivity index (χ3n) is 3.52. The van der Waals surface area contributed by atoms with Gasteiger partial charge in [-0.25, -0.2) is 0 Å². The summed E-state index contributed by atoms with van der Waals surface area (Å²) in [6.45, 7) is 1.62. The van der Waals surface area contributed by atoms with Crippen molar-refractivity contribution in [1.82, 2.24) is 10.6 Å². The minimum Gasteiger partial charge on any atom is -0.481 e. The summed E-state index contributed by atoms with van der Waals surface area (Å²) in [5, 5.41) is 16.0. The molecule has 0 radical (unpaired) electrons. The van der Waals surface area contributed by atoms with E-state index in [4.69, 9.17) is 5.11 Å². The first-order valence-corrected chi connectivity index (χ1v) is 8.74. The molecule has 1 aromatic carbocycles. The molecule has 7 heteroatoms. The van der Waals surface area contributed by atoms with Gasteiger partial charge in [0.05, 0.1) is 11.3 Å². The van der Waals surface area contributed by atoms with Gasteiger partial charge in [-0.1, -0.05) is 36.4 Å². The zero-order chi connectivity index (χ0) is 18.2. The molecule has 2 aromatic rings. The van der Waals surface area contributed by atoms with Crippen LogP contribution in [0.2, 0.25) is 0 Å². The lowest BCUT2D eigenvalue weighted by Crippen LogP contribution is -2.50. The molecule has 132 valence electrons. The lowest BCUT2D eigenvalue weighted by molar-refractivity contribution is -0.137. The Hall–Kier alpha value is -2.67.